The van der Waals surface area contributed by atoms with Gasteiger partial charge in [-0.05, 0) is 43.4 Å². The lowest BCUT2D eigenvalue weighted by Gasteiger charge is -2.07. The monoisotopic (exact) mass is 395 g/mol. The van der Waals surface area contributed by atoms with Crippen molar-refractivity contribution in [1.29, 1.82) is 0 Å². The number of nitrogens with one attached hydrogen (secondary N) is 2. The molecule has 0 saturated carbocycles. The molecule has 0 unspecified atom stereocenters. The van der Waals surface area contributed by atoms with Crippen LogP contribution in [0.15, 0.2) is 36.4 Å². The highest BCUT2D eigenvalue weighted by molar-refractivity contribution is 7.80. The molecule has 8 heteroatoms. The van der Waals surface area contributed by atoms with Crippen molar-refractivity contribution in [3.05, 3.63) is 57.6 Å². The van der Waals surface area contributed by atoms with Crippen LogP contribution >= 0.6 is 46.8 Å². The van der Waals surface area contributed by atoms with E-state index in [-0.39, 0.29) is 11.0 Å². The first-order valence-corrected chi connectivity index (χ1v) is 8.85. The van der Waals surface area contributed by atoms with Crippen molar-refractivity contribution >= 4 is 73.1 Å². The summed E-state index contributed by atoms with van der Waals surface area (Å²) in [5.41, 5.74) is 2.14. The summed E-state index contributed by atoms with van der Waals surface area (Å²) in [5.74, 6) is -0.279. The Kier molecular flexibility index (Phi) is 5.01. The maximum Gasteiger partial charge on any atom is 0.257 e. The van der Waals surface area contributed by atoms with Crippen LogP contribution in [0.5, 0.6) is 0 Å². The van der Waals surface area contributed by atoms with Gasteiger partial charge in [0.1, 0.15) is 5.52 Å². The molecule has 0 bridgehead atoms. The number of fused-ring (bicyclic) bond motifs is 1. The predicted octanol–water partition coefficient (Wildman–Crippen LogP) is 5.04. The second-order valence-corrected chi connectivity index (χ2v) is 7.23. The van der Waals surface area contributed by atoms with Gasteiger partial charge in [-0.15, -0.1) is 0 Å². The van der Waals surface area contributed by atoms with Crippen LogP contribution < -0.4 is 10.6 Å². The van der Waals surface area contributed by atoms with E-state index in [0.717, 1.165) is 10.3 Å². The number of benzene rings is 2. The van der Waals surface area contributed by atoms with Crippen LogP contribution in [0.4, 0.5) is 5.13 Å². The molecule has 3 aromatic rings. The highest BCUT2D eigenvalue weighted by Gasteiger charge is 2.12. The molecule has 122 valence electrons. The number of thiazole rings is 1. The minimum atomic E-state index is -0.279. The van der Waals surface area contributed by atoms with Crippen LogP contribution in [0, 0.1) is 6.92 Å². The lowest BCUT2D eigenvalue weighted by atomic mass is 10.1. The summed E-state index contributed by atoms with van der Waals surface area (Å²) in [7, 11) is 0. The van der Waals surface area contributed by atoms with E-state index in [1.54, 1.807) is 18.2 Å². The van der Waals surface area contributed by atoms with Gasteiger partial charge >= 0.3 is 0 Å². The molecule has 0 atom stereocenters. The van der Waals surface area contributed by atoms with E-state index in [1.165, 1.54) is 11.3 Å². The van der Waals surface area contributed by atoms with Crippen LogP contribution in [0.2, 0.25) is 10.0 Å². The molecule has 0 radical (unpaired) electrons. The highest BCUT2D eigenvalue weighted by Crippen LogP contribution is 2.35. The van der Waals surface area contributed by atoms with Crippen molar-refractivity contribution in [2.24, 2.45) is 0 Å². The van der Waals surface area contributed by atoms with Gasteiger partial charge < -0.3 is 5.32 Å². The molecule has 24 heavy (non-hydrogen) atoms. The second-order valence-electron chi connectivity index (χ2n) is 5.00. The van der Waals surface area contributed by atoms with Crippen molar-refractivity contribution in [2.75, 3.05) is 5.32 Å². The number of thiocarbonyl (C=S) groups is 1. The van der Waals surface area contributed by atoms with Crippen LogP contribution in [0.1, 0.15) is 15.9 Å². The van der Waals surface area contributed by atoms with Gasteiger partial charge in [0, 0.05) is 5.56 Å². The lowest BCUT2D eigenvalue weighted by molar-refractivity contribution is 0.0977. The fourth-order valence-electron chi connectivity index (χ4n) is 2.08. The van der Waals surface area contributed by atoms with Crippen LogP contribution in [0.3, 0.4) is 0 Å². The molecule has 2 aromatic carbocycles. The van der Waals surface area contributed by atoms with Crippen LogP contribution in [0.25, 0.3) is 10.2 Å². The van der Waals surface area contributed by atoms with Gasteiger partial charge in [-0.1, -0.05) is 52.2 Å². The molecule has 1 amide bonds. The number of aryl methyl sites for hydroxylation is 1. The number of nitrogens with zero attached hydrogens (tertiary/aromatic N) is 1. The third-order valence-electron chi connectivity index (χ3n) is 3.18. The Bertz CT molecular complexity index is 956. The normalized spacial score (nSPS) is 10.6. The number of anilines is 1. The van der Waals surface area contributed by atoms with Crippen molar-refractivity contribution in [2.45, 2.75) is 6.92 Å². The van der Waals surface area contributed by atoms with E-state index >= 15 is 0 Å². The standard InChI is InChI=1S/C16H11Cl2N3OS2/c1-8-3-2-4-9(7-8)14(22)20-15(23)21-16-19-13-11(24-16)6-5-10(17)12(13)18/h2-7H,1H3,(H2,19,20,21,22,23). The first kappa shape index (κ1) is 17.1. The van der Waals surface area contributed by atoms with Gasteiger partial charge in [0.25, 0.3) is 5.91 Å². The minimum Gasteiger partial charge on any atom is -0.308 e. The molecule has 3 rings (SSSR count). The average Bonchev–Trinajstić information content (AvgIpc) is 2.94. The fraction of sp³-hybridized carbons (Fsp3) is 0.0625. The fourth-order valence-corrected chi connectivity index (χ4v) is 3.63. The molecular formula is C16H11Cl2N3OS2. The SMILES string of the molecule is Cc1cccc(C(=O)NC(=S)Nc2nc3c(Cl)c(Cl)ccc3s2)c1. The van der Waals surface area contributed by atoms with Crippen molar-refractivity contribution in [3.63, 3.8) is 0 Å². The third-order valence-corrected chi connectivity index (χ3v) is 5.11. The zero-order chi connectivity index (χ0) is 17.3. The summed E-state index contributed by atoms with van der Waals surface area (Å²) in [6.07, 6.45) is 0. The zero-order valence-electron chi connectivity index (χ0n) is 12.4. The number of aromatic nitrogens is 1. The van der Waals surface area contributed by atoms with Crippen LogP contribution in [-0.4, -0.2) is 16.0 Å². The Labute approximate surface area is 157 Å². The highest BCUT2D eigenvalue weighted by atomic mass is 35.5. The molecule has 4 nitrogen and oxygen atoms in total. The third kappa shape index (κ3) is 3.67. The first-order chi connectivity index (χ1) is 11.4. The van der Waals surface area contributed by atoms with E-state index in [0.29, 0.717) is 26.3 Å². The van der Waals surface area contributed by atoms with Gasteiger partial charge in [0.15, 0.2) is 10.2 Å². The number of carbonyl (C=O) groups is 1. The predicted molar refractivity (Wildman–Crippen MR) is 105 cm³/mol. The number of hydrogen-bond acceptors (Lipinski definition) is 4. The summed E-state index contributed by atoms with van der Waals surface area (Å²) in [5, 5.41) is 7.07. The molecule has 1 aromatic heterocycles. The number of rotatable bonds is 2. The summed E-state index contributed by atoms with van der Waals surface area (Å²) in [6, 6.07) is 10.8. The maximum absolute atomic E-state index is 12.2. The van der Waals surface area contributed by atoms with Crippen molar-refractivity contribution in [1.82, 2.24) is 10.3 Å². The van der Waals surface area contributed by atoms with Crippen LogP contribution in [-0.2, 0) is 0 Å². The number of halogens is 2. The Morgan fingerprint density at radius 2 is 2.04 bits per heavy atom. The van der Waals surface area contributed by atoms with Crippen molar-refractivity contribution in [3.8, 4) is 0 Å². The van der Waals surface area contributed by atoms with E-state index in [2.05, 4.69) is 15.6 Å². The largest absolute Gasteiger partial charge is 0.308 e. The topological polar surface area (TPSA) is 54.0 Å². The Morgan fingerprint density at radius 1 is 1.25 bits per heavy atom. The molecule has 1 heterocycles. The molecule has 0 saturated heterocycles. The summed E-state index contributed by atoms with van der Waals surface area (Å²) < 4.78 is 0.875. The van der Waals surface area contributed by atoms with Gasteiger partial charge in [-0.2, -0.15) is 0 Å². The van der Waals surface area contributed by atoms with E-state index in [9.17, 15) is 4.79 Å². The zero-order valence-corrected chi connectivity index (χ0v) is 15.5. The summed E-state index contributed by atoms with van der Waals surface area (Å²) in [6.45, 7) is 1.92. The average molecular weight is 396 g/mol. The summed E-state index contributed by atoms with van der Waals surface area (Å²) in [4.78, 5) is 16.5. The Balaban J connectivity index is 1.73. The molecule has 0 aliphatic heterocycles. The molecule has 0 aliphatic rings. The Morgan fingerprint density at radius 3 is 2.79 bits per heavy atom. The van der Waals surface area contributed by atoms with Gasteiger partial charge in [-0.25, -0.2) is 4.98 Å². The molecule has 2 N–H and O–H groups in total. The molecular weight excluding hydrogens is 385 g/mol. The first-order valence-electron chi connectivity index (χ1n) is 6.87. The number of amides is 1. The molecule has 0 aliphatic carbocycles. The number of hydrogen-bond donors (Lipinski definition) is 2. The smallest absolute Gasteiger partial charge is 0.257 e. The van der Waals surface area contributed by atoms with E-state index in [1.807, 2.05) is 25.1 Å². The number of carbonyl (C=O) groups excluding carboxylic acids is 1. The lowest BCUT2D eigenvalue weighted by Crippen LogP contribution is -2.34. The quantitative estimate of drug-likeness (QED) is 0.596. The van der Waals surface area contributed by atoms with Gasteiger partial charge in [-0.3, -0.25) is 10.1 Å². The molecule has 0 spiro atoms. The second kappa shape index (κ2) is 7.03. The van der Waals surface area contributed by atoms with Gasteiger partial charge in [0.05, 0.1) is 14.7 Å². The Hall–Kier alpha value is -1.73. The molecule has 0 fully saturated rings. The van der Waals surface area contributed by atoms with Gasteiger partial charge in [0.2, 0.25) is 0 Å². The van der Waals surface area contributed by atoms with E-state index < -0.39 is 0 Å². The minimum absolute atomic E-state index is 0.169. The van der Waals surface area contributed by atoms with Crippen molar-refractivity contribution < 1.29 is 4.79 Å². The maximum atomic E-state index is 12.2. The summed E-state index contributed by atoms with van der Waals surface area (Å²) >= 11 is 18.7. The van der Waals surface area contributed by atoms with E-state index in [4.69, 9.17) is 35.4 Å².